The fraction of sp³-hybridized carbons (Fsp3) is 0.353. The van der Waals surface area contributed by atoms with Crippen molar-refractivity contribution in [1.29, 1.82) is 0 Å². The molecule has 5 nitrogen and oxygen atoms in total. The van der Waals surface area contributed by atoms with Crippen molar-refractivity contribution < 1.29 is 19.0 Å². The number of hydrogen-bond acceptors (Lipinski definition) is 6. The standard InChI is InChI=1S/C17H17NO4S2/c1-20-13-7-11(8-14-16(13)22-10-21-14)17-18(15(19)9-24-17)5-4-12-3-2-6-23-12/h2-3,6-8,17H,4-5,9-10H2,1H3. The van der Waals surface area contributed by atoms with Crippen LogP contribution < -0.4 is 14.2 Å². The Labute approximate surface area is 148 Å². The average molecular weight is 363 g/mol. The lowest BCUT2D eigenvalue weighted by atomic mass is 10.1. The number of hydrogen-bond donors (Lipinski definition) is 0. The van der Waals surface area contributed by atoms with Crippen LogP contribution in [-0.4, -0.2) is 37.0 Å². The van der Waals surface area contributed by atoms with Crippen LogP contribution in [0.15, 0.2) is 29.6 Å². The lowest BCUT2D eigenvalue weighted by molar-refractivity contribution is -0.128. The van der Waals surface area contributed by atoms with E-state index in [0.717, 1.165) is 12.0 Å². The van der Waals surface area contributed by atoms with Gasteiger partial charge in [-0.2, -0.15) is 0 Å². The van der Waals surface area contributed by atoms with Crippen LogP contribution in [0, 0.1) is 0 Å². The summed E-state index contributed by atoms with van der Waals surface area (Å²) in [5.74, 6) is 2.66. The van der Waals surface area contributed by atoms with E-state index in [4.69, 9.17) is 14.2 Å². The minimum Gasteiger partial charge on any atom is -0.493 e. The van der Waals surface area contributed by atoms with Gasteiger partial charge in [-0.1, -0.05) is 6.07 Å². The van der Waals surface area contributed by atoms with Gasteiger partial charge in [0.25, 0.3) is 0 Å². The van der Waals surface area contributed by atoms with E-state index in [1.54, 1.807) is 30.2 Å². The van der Waals surface area contributed by atoms with Gasteiger partial charge >= 0.3 is 0 Å². The molecule has 0 aliphatic carbocycles. The molecule has 3 heterocycles. The predicted octanol–water partition coefficient (Wildman–Crippen LogP) is 3.30. The Morgan fingerprint density at radius 3 is 3.08 bits per heavy atom. The van der Waals surface area contributed by atoms with Crippen LogP contribution in [0.2, 0.25) is 0 Å². The summed E-state index contributed by atoms with van der Waals surface area (Å²) in [6, 6.07) is 8.05. The van der Waals surface area contributed by atoms with Crippen molar-refractivity contribution in [3.05, 3.63) is 40.1 Å². The summed E-state index contributed by atoms with van der Waals surface area (Å²) in [5.41, 5.74) is 1.01. The molecule has 4 rings (SSSR count). The number of carbonyl (C=O) groups excluding carboxylic acids is 1. The van der Waals surface area contributed by atoms with Crippen molar-refractivity contribution in [2.75, 3.05) is 26.2 Å². The summed E-state index contributed by atoms with van der Waals surface area (Å²) in [4.78, 5) is 15.6. The van der Waals surface area contributed by atoms with Gasteiger partial charge in [-0.25, -0.2) is 0 Å². The Kier molecular flexibility index (Phi) is 4.28. The molecule has 2 aliphatic heterocycles. The highest BCUT2D eigenvalue weighted by Gasteiger charge is 2.34. The van der Waals surface area contributed by atoms with Crippen molar-refractivity contribution >= 4 is 29.0 Å². The molecule has 2 aromatic rings. The molecule has 0 spiro atoms. The molecule has 1 aromatic heterocycles. The third-order valence-electron chi connectivity index (χ3n) is 4.11. The van der Waals surface area contributed by atoms with E-state index < -0.39 is 0 Å². The summed E-state index contributed by atoms with van der Waals surface area (Å²) in [5, 5.41) is 2.05. The molecule has 1 unspecified atom stereocenters. The number of ether oxygens (including phenoxy) is 3. The Bertz CT molecular complexity index is 747. The molecule has 0 N–H and O–H groups in total. The van der Waals surface area contributed by atoms with Gasteiger partial charge < -0.3 is 19.1 Å². The van der Waals surface area contributed by atoms with Crippen molar-refractivity contribution in [3.8, 4) is 17.2 Å². The monoisotopic (exact) mass is 363 g/mol. The van der Waals surface area contributed by atoms with Gasteiger partial charge in [0.2, 0.25) is 18.4 Å². The zero-order chi connectivity index (χ0) is 16.5. The van der Waals surface area contributed by atoms with Crippen LogP contribution in [0.3, 0.4) is 0 Å². The number of nitrogens with zero attached hydrogens (tertiary/aromatic N) is 1. The van der Waals surface area contributed by atoms with E-state index in [2.05, 4.69) is 11.4 Å². The number of methoxy groups -OCH3 is 1. The second kappa shape index (κ2) is 6.57. The van der Waals surface area contributed by atoms with E-state index in [1.807, 2.05) is 23.1 Å². The maximum atomic E-state index is 12.3. The highest BCUT2D eigenvalue weighted by molar-refractivity contribution is 8.00. The van der Waals surface area contributed by atoms with E-state index >= 15 is 0 Å². The Hall–Kier alpha value is -1.86. The number of rotatable bonds is 5. The fourth-order valence-corrected chi connectivity index (χ4v) is 4.85. The molecule has 0 saturated carbocycles. The molecule has 0 bridgehead atoms. The fourth-order valence-electron chi connectivity index (χ4n) is 2.95. The summed E-state index contributed by atoms with van der Waals surface area (Å²) >= 11 is 3.37. The quantitative estimate of drug-likeness (QED) is 0.816. The summed E-state index contributed by atoms with van der Waals surface area (Å²) in [6.07, 6.45) is 0.877. The molecule has 1 aromatic carbocycles. The molecular weight excluding hydrogens is 346 g/mol. The summed E-state index contributed by atoms with van der Waals surface area (Å²) < 4.78 is 16.4. The minimum absolute atomic E-state index is 0.0131. The molecule has 1 atom stereocenters. The molecule has 24 heavy (non-hydrogen) atoms. The van der Waals surface area contributed by atoms with Crippen LogP contribution in [-0.2, 0) is 11.2 Å². The lowest BCUT2D eigenvalue weighted by Gasteiger charge is -2.24. The molecule has 1 saturated heterocycles. The zero-order valence-corrected chi connectivity index (χ0v) is 14.8. The molecular formula is C17H17NO4S2. The number of benzene rings is 1. The van der Waals surface area contributed by atoms with Gasteiger partial charge in [0.05, 0.1) is 12.9 Å². The number of thioether (sulfide) groups is 1. The smallest absolute Gasteiger partial charge is 0.233 e. The van der Waals surface area contributed by atoms with Gasteiger partial charge in [0, 0.05) is 11.4 Å². The van der Waals surface area contributed by atoms with Crippen LogP contribution in [0.4, 0.5) is 0 Å². The molecule has 1 fully saturated rings. The van der Waals surface area contributed by atoms with Crippen LogP contribution in [0.25, 0.3) is 0 Å². The Morgan fingerprint density at radius 1 is 1.38 bits per heavy atom. The number of amides is 1. The topological polar surface area (TPSA) is 48.0 Å². The highest BCUT2D eigenvalue weighted by atomic mass is 32.2. The molecule has 7 heteroatoms. The number of carbonyl (C=O) groups is 1. The van der Waals surface area contributed by atoms with E-state index in [-0.39, 0.29) is 18.1 Å². The third-order valence-corrected chi connectivity index (χ3v) is 6.31. The normalized spacial score (nSPS) is 19.1. The molecule has 1 amide bonds. The number of fused-ring (bicyclic) bond motifs is 1. The Morgan fingerprint density at radius 2 is 2.29 bits per heavy atom. The van der Waals surface area contributed by atoms with Gasteiger partial charge in [-0.15, -0.1) is 23.1 Å². The lowest BCUT2D eigenvalue weighted by Crippen LogP contribution is -2.30. The second-order valence-corrected chi connectivity index (χ2v) is 7.64. The average Bonchev–Trinajstić information content (AvgIpc) is 3.32. The first-order valence-electron chi connectivity index (χ1n) is 7.67. The zero-order valence-electron chi connectivity index (χ0n) is 13.2. The highest BCUT2D eigenvalue weighted by Crippen LogP contribution is 2.47. The van der Waals surface area contributed by atoms with Crippen molar-refractivity contribution in [3.63, 3.8) is 0 Å². The SMILES string of the molecule is COc1cc(C2SCC(=O)N2CCc2cccs2)cc2c1OCO2. The van der Waals surface area contributed by atoms with Gasteiger partial charge in [0.1, 0.15) is 5.37 Å². The molecule has 2 aliphatic rings. The first-order chi connectivity index (χ1) is 11.8. The van der Waals surface area contributed by atoms with Crippen molar-refractivity contribution in [2.45, 2.75) is 11.8 Å². The van der Waals surface area contributed by atoms with Gasteiger partial charge in [0.15, 0.2) is 11.5 Å². The second-order valence-electron chi connectivity index (χ2n) is 5.54. The summed E-state index contributed by atoms with van der Waals surface area (Å²) in [6.45, 7) is 0.918. The van der Waals surface area contributed by atoms with Crippen molar-refractivity contribution in [2.24, 2.45) is 0 Å². The third kappa shape index (κ3) is 2.82. The largest absolute Gasteiger partial charge is 0.493 e. The van der Waals surface area contributed by atoms with E-state index in [0.29, 0.717) is 29.5 Å². The predicted molar refractivity (Wildman–Crippen MR) is 94.1 cm³/mol. The molecule has 0 radical (unpaired) electrons. The minimum atomic E-state index is -0.0131. The Balaban J connectivity index is 1.59. The first kappa shape index (κ1) is 15.7. The maximum absolute atomic E-state index is 12.3. The first-order valence-corrected chi connectivity index (χ1v) is 9.60. The van der Waals surface area contributed by atoms with Crippen molar-refractivity contribution in [1.82, 2.24) is 4.90 Å². The maximum Gasteiger partial charge on any atom is 0.233 e. The van der Waals surface area contributed by atoms with Crippen LogP contribution >= 0.6 is 23.1 Å². The van der Waals surface area contributed by atoms with E-state index in [9.17, 15) is 4.79 Å². The van der Waals surface area contributed by atoms with Gasteiger partial charge in [-0.3, -0.25) is 4.79 Å². The van der Waals surface area contributed by atoms with Crippen LogP contribution in [0.1, 0.15) is 15.8 Å². The van der Waals surface area contributed by atoms with Crippen LogP contribution in [0.5, 0.6) is 17.2 Å². The summed E-state index contributed by atoms with van der Waals surface area (Å²) in [7, 11) is 1.61. The van der Waals surface area contributed by atoms with Gasteiger partial charge in [-0.05, 0) is 35.6 Å². The van der Waals surface area contributed by atoms with E-state index in [1.165, 1.54) is 4.88 Å². The molecule has 126 valence electrons. The number of thiophene rings is 1.